The molecule has 0 radical (unpaired) electrons. The Morgan fingerprint density at radius 2 is 1.72 bits per heavy atom. The van der Waals surface area contributed by atoms with Gasteiger partial charge in [0.2, 0.25) is 10.0 Å². The highest BCUT2D eigenvalue weighted by molar-refractivity contribution is 7.89. The van der Waals surface area contributed by atoms with Gasteiger partial charge in [-0.25, -0.2) is 13.1 Å². The second-order valence-electron chi connectivity index (χ2n) is 6.71. The lowest BCUT2D eigenvalue weighted by Gasteiger charge is -2.29. The van der Waals surface area contributed by atoms with Gasteiger partial charge in [0.25, 0.3) is 5.91 Å². The molecule has 1 aromatic carbocycles. The van der Waals surface area contributed by atoms with Crippen LogP contribution in [0.3, 0.4) is 0 Å². The summed E-state index contributed by atoms with van der Waals surface area (Å²) >= 11 is 12.2. The summed E-state index contributed by atoms with van der Waals surface area (Å²) in [6.45, 7) is 1.81. The van der Waals surface area contributed by atoms with Gasteiger partial charge >= 0.3 is 0 Å². The van der Waals surface area contributed by atoms with Gasteiger partial charge in [0.15, 0.2) is 0 Å². The first-order valence-electron chi connectivity index (χ1n) is 8.27. The molecular weight excluding hydrogens is 385 g/mol. The van der Waals surface area contributed by atoms with Crippen LogP contribution in [0.15, 0.2) is 17.0 Å². The first kappa shape index (κ1) is 18.9. The van der Waals surface area contributed by atoms with Gasteiger partial charge in [-0.2, -0.15) is 0 Å². The minimum atomic E-state index is -3.77. The number of benzene rings is 1. The van der Waals surface area contributed by atoms with Crippen LogP contribution in [0.5, 0.6) is 0 Å². The van der Waals surface area contributed by atoms with Crippen LogP contribution in [-0.2, 0) is 10.0 Å². The molecule has 0 aromatic heterocycles. The summed E-state index contributed by atoms with van der Waals surface area (Å²) in [5, 5.41) is 3.09. The molecule has 1 heterocycles. The van der Waals surface area contributed by atoms with Crippen molar-refractivity contribution in [2.75, 3.05) is 20.1 Å². The van der Waals surface area contributed by atoms with E-state index in [2.05, 4.69) is 14.9 Å². The number of nitrogens with one attached hydrogen (secondary N) is 2. The Balaban J connectivity index is 1.80. The summed E-state index contributed by atoms with van der Waals surface area (Å²) in [7, 11) is -1.73. The molecule has 1 aliphatic carbocycles. The average molecular weight is 406 g/mol. The molecule has 2 aliphatic rings. The highest BCUT2D eigenvalue weighted by atomic mass is 35.5. The number of carbonyl (C=O) groups is 1. The van der Waals surface area contributed by atoms with Crippen LogP contribution in [0.1, 0.15) is 36.0 Å². The van der Waals surface area contributed by atoms with Crippen LogP contribution in [0.2, 0.25) is 10.0 Å². The summed E-state index contributed by atoms with van der Waals surface area (Å²) in [5.74, 6) is -0.376. The lowest BCUT2D eigenvalue weighted by molar-refractivity contribution is 0.0917. The number of amides is 1. The number of halogens is 2. The summed E-state index contributed by atoms with van der Waals surface area (Å²) in [5.41, 5.74) is 0.126. The van der Waals surface area contributed by atoms with E-state index in [-0.39, 0.29) is 38.5 Å². The topological polar surface area (TPSA) is 78.5 Å². The number of likely N-dealkylation sites (tertiary alicyclic amines) is 1. The third-order valence-corrected chi connectivity index (χ3v) is 6.81. The number of hydrogen-bond acceptors (Lipinski definition) is 4. The predicted octanol–water partition coefficient (Wildman–Crippen LogP) is 2.26. The van der Waals surface area contributed by atoms with E-state index in [4.69, 9.17) is 23.2 Å². The van der Waals surface area contributed by atoms with Crippen LogP contribution in [0.25, 0.3) is 0 Å². The number of carbonyl (C=O) groups excluding carboxylic acids is 1. The highest BCUT2D eigenvalue weighted by Gasteiger charge is 2.30. The van der Waals surface area contributed by atoms with Gasteiger partial charge in [-0.1, -0.05) is 23.2 Å². The molecule has 1 saturated heterocycles. The van der Waals surface area contributed by atoms with Crippen LogP contribution in [0.4, 0.5) is 0 Å². The van der Waals surface area contributed by atoms with Gasteiger partial charge in [-0.15, -0.1) is 0 Å². The van der Waals surface area contributed by atoms with E-state index in [1.54, 1.807) is 0 Å². The predicted molar refractivity (Wildman–Crippen MR) is 97.8 cm³/mol. The molecule has 1 aliphatic heterocycles. The van der Waals surface area contributed by atoms with E-state index in [0.29, 0.717) is 0 Å². The van der Waals surface area contributed by atoms with Gasteiger partial charge in [0, 0.05) is 12.1 Å². The maximum atomic E-state index is 12.6. The van der Waals surface area contributed by atoms with Crippen LogP contribution < -0.4 is 10.0 Å². The van der Waals surface area contributed by atoms with Crippen molar-refractivity contribution in [2.24, 2.45) is 0 Å². The van der Waals surface area contributed by atoms with E-state index >= 15 is 0 Å². The molecule has 0 unspecified atom stereocenters. The second kappa shape index (κ2) is 7.40. The van der Waals surface area contributed by atoms with Gasteiger partial charge in [0.1, 0.15) is 4.90 Å². The fourth-order valence-corrected chi connectivity index (χ4v) is 4.97. The first-order valence-corrected chi connectivity index (χ1v) is 10.5. The quantitative estimate of drug-likeness (QED) is 0.787. The van der Waals surface area contributed by atoms with E-state index < -0.39 is 10.0 Å². The van der Waals surface area contributed by atoms with Crippen molar-refractivity contribution in [3.05, 3.63) is 27.7 Å². The zero-order valence-corrected chi connectivity index (χ0v) is 16.2. The number of nitrogens with zero attached hydrogens (tertiary/aromatic N) is 1. The molecule has 0 atom stereocenters. The highest BCUT2D eigenvalue weighted by Crippen LogP contribution is 2.30. The van der Waals surface area contributed by atoms with Crippen molar-refractivity contribution in [2.45, 2.75) is 42.7 Å². The van der Waals surface area contributed by atoms with Crippen molar-refractivity contribution < 1.29 is 13.2 Å². The molecule has 3 rings (SSSR count). The Hall–Kier alpha value is -0.860. The standard InChI is InChI=1S/C16H21Cl2N3O3S/c1-21-6-4-10(5-7-21)19-16(22)12-8-15(14(18)9-13(12)17)25(23,24)20-11-2-3-11/h8-11,20H,2-7H2,1H3,(H,19,22). The van der Waals surface area contributed by atoms with Crippen molar-refractivity contribution in [3.63, 3.8) is 0 Å². The van der Waals surface area contributed by atoms with E-state index in [1.807, 2.05) is 7.05 Å². The molecule has 0 spiro atoms. The minimum Gasteiger partial charge on any atom is -0.349 e. The smallest absolute Gasteiger partial charge is 0.253 e. The number of rotatable bonds is 5. The van der Waals surface area contributed by atoms with Crippen LogP contribution >= 0.6 is 23.2 Å². The lowest BCUT2D eigenvalue weighted by Crippen LogP contribution is -2.43. The van der Waals surface area contributed by atoms with Crippen LogP contribution in [0, 0.1) is 0 Å². The number of sulfonamides is 1. The summed E-state index contributed by atoms with van der Waals surface area (Å²) in [6, 6.07) is 2.58. The molecule has 2 fully saturated rings. The Kier molecular flexibility index (Phi) is 5.60. The monoisotopic (exact) mass is 405 g/mol. The molecule has 0 bridgehead atoms. The molecule has 6 nitrogen and oxygen atoms in total. The normalized spacial score (nSPS) is 19.8. The van der Waals surface area contributed by atoms with Crippen molar-refractivity contribution in [3.8, 4) is 0 Å². The Morgan fingerprint density at radius 3 is 2.32 bits per heavy atom. The SMILES string of the molecule is CN1CCC(NC(=O)c2cc(S(=O)(=O)NC3CC3)c(Cl)cc2Cl)CC1. The molecular formula is C16H21Cl2N3O3S. The maximum Gasteiger partial charge on any atom is 0.253 e. The third-order valence-electron chi connectivity index (χ3n) is 4.51. The average Bonchev–Trinajstić information content (AvgIpc) is 3.32. The van der Waals surface area contributed by atoms with E-state index in [1.165, 1.54) is 12.1 Å². The largest absolute Gasteiger partial charge is 0.349 e. The van der Waals surface area contributed by atoms with Crippen molar-refractivity contribution in [1.29, 1.82) is 0 Å². The number of hydrogen-bond donors (Lipinski definition) is 2. The summed E-state index contributed by atoms with van der Waals surface area (Å²) in [4.78, 5) is 14.7. The van der Waals surface area contributed by atoms with Gasteiger partial charge < -0.3 is 10.2 Å². The van der Waals surface area contributed by atoms with Crippen molar-refractivity contribution >= 4 is 39.1 Å². The Labute approximate surface area is 157 Å². The zero-order valence-electron chi connectivity index (χ0n) is 13.9. The summed E-state index contributed by atoms with van der Waals surface area (Å²) < 4.78 is 27.4. The van der Waals surface area contributed by atoms with E-state index in [9.17, 15) is 13.2 Å². The molecule has 1 aromatic rings. The van der Waals surface area contributed by atoms with E-state index in [0.717, 1.165) is 38.8 Å². The van der Waals surface area contributed by atoms with Crippen LogP contribution in [-0.4, -0.2) is 51.4 Å². The second-order valence-corrected chi connectivity index (χ2v) is 9.21. The van der Waals surface area contributed by atoms with Gasteiger partial charge in [-0.05, 0) is 58.0 Å². The number of piperidine rings is 1. The third kappa shape index (κ3) is 4.65. The first-order chi connectivity index (χ1) is 11.8. The lowest BCUT2D eigenvalue weighted by atomic mass is 10.0. The zero-order chi connectivity index (χ0) is 18.2. The molecule has 138 valence electrons. The Bertz CT molecular complexity index is 773. The van der Waals surface area contributed by atoms with Crippen molar-refractivity contribution in [1.82, 2.24) is 14.9 Å². The fraction of sp³-hybridized carbons (Fsp3) is 0.562. The molecule has 25 heavy (non-hydrogen) atoms. The molecule has 1 saturated carbocycles. The molecule has 9 heteroatoms. The fourth-order valence-electron chi connectivity index (χ4n) is 2.81. The minimum absolute atomic E-state index is 0.00833. The van der Waals surface area contributed by atoms with Gasteiger partial charge in [-0.3, -0.25) is 4.79 Å². The summed E-state index contributed by atoms with van der Waals surface area (Å²) in [6.07, 6.45) is 3.32. The Morgan fingerprint density at radius 1 is 1.08 bits per heavy atom. The molecule has 2 N–H and O–H groups in total. The molecule has 1 amide bonds. The van der Waals surface area contributed by atoms with Gasteiger partial charge in [0.05, 0.1) is 15.6 Å². The maximum absolute atomic E-state index is 12.6.